The highest BCUT2D eigenvalue weighted by atomic mass is 32.1. The van der Waals surface area contributed by atoms with Crippen LogP contribution in [0.4, 0.5) is 0 Å². The Morgan fingerprint density at radius 2 is 0.455 bits per heavy atom. The van der Waals surface area contributed by atoms with Crippen LogP contribution >= 0.6 is 0 Å². The van der Waals surface area contributed by atoms with Crippen LogP contribution < -0.4 is 30.1 Å². The third kappa shape index (κ3) is 990. The van der Waals surface area contributed by atoms with E-state index in [-0.39, 0.29) is 40.5 Å². The Morgan fingerprint density at radius 3 is 0.455 bits per heavy atom. The van der Waals surface area contributed by atoms with Crippen molar-refractivity contribution in [2.45, 2.75) is 0 Å². The van der Waals surface area contributed by atoms with E-state index in [4.69, 9.17) is 30.1 Å². The fourth-order valence-corrected chi connectivity index (χ4v) is 0. The summed E-state index contributed by atoms with van der Waals surface area (Å²) in [6.45, 7) is 0. The smallest absolute Gasteiger partial charge is 0.907 e. The molecule has 6 nitrogen and oxygen atoms in total. The second kappa shape index (κ2) is 22.4. The van der Waals surface area contributed by atoms with Gasteiger partial charge < -0.3 is 30.1 Å². The van der Waals surface area contributed by atoms with Gasteiger partial charge >= 0.3 is 40.5 Å². The summed E-state index contributed by atoms with van der Waals surface area (Å²) in [5.41, 5.74) is 0. The lowest BCUT2D eigenvalue weighted by Crippen LogP contribution is -2.56. The van der Waals surface area contributed by atoms with Crippen molar-refractivity contribution in [1.82, 2.24) is 0 Å². The molecule has 0 aromatic heterocycles. The van der Waals surface area contributed by atoms with E-state index in [1.54, 1.807) is 0 Å². The minimum atomic E-state index is -2.92. The second-order valence-corrected chi connectivity index (χ2v) is 0.577. The number of rotatable bonds is 0. The zero-order chi connectivity index (χ0) is 7.15. The van der Waals surface area contributed by atoms with Crippen molar-refractivity contribution in [3.8, 4) is 0 Å². The molecule has 0 bridgehead atoms. The molecular formula is B2O6S3. The van der Waals surface area contributed by atoms with Crippen LogP contribution in [-0.4, -0.2) is 14.6 Å². The Kier molecular flexibility index (Phi) is 60.5. The molecule has 0 aromatic carbocycles. The molecule has 11 heteroatoms. The van der Waals surface area contributed by atoms with E-state index in [1.165, 1.54) is 0 Å². The monoisotopic (exact) mass is 214 g/mol. The molecule has 0 heterocycles. The first kappa shape index (κ1) is 29.7. The average Bonchev–Trinajstić information content (AvgIpc) is 1.25. The van der Waals surface area contributed by atoms with E-state index in [0.717, 1.165) is 0 Å². The zero-order valence-electron chi connectivity index (χ0n) is 4.83. The molecule has 0 aliphatic heterocycles. The van der Waals surface area contributed by atoms with Gasteiger partial charge in [0.1, 0.15) is 0 Å². The second-order valence-electron chi connectivity index (χ2n) is 0.577. The van der Waals surface area contributed by atoms with Crippen LogP contribution in [0.3, 0.4) is 0 Å². The van der Waals surface area contributed by atoms with Gasteiger partial charge in [0, 0.05) is 0 Å². The first-order valence-electron chi connectivity index (χ1n) is 1.41. The molecule has 0 aliphatic carbocycles. The van der Waals surface area contributed by atoms with Crippen molar-refractivity contribution in [2.24, 2.45) is 0 Å². The summed E-state index contributed by atoms with van der Waals surface area (Å²) < 4.78 is 0. The highest BCUT2D eigenvalue weighted by Crippen LogP contribution is 0.998. The molecule has 0 spiro atoms. The third-order valence-corrected chi connectivity index (χ3v) is 0. The van der Waals surface area contributed by atoms with Crippen molar-refractivity contribution in [3.63, 3.8) is 0 Å². The van der Waals surface area contributed by atoms with Crippen molar-refractivity contribution in [3.05, 3.63) is 0 Å². The fraction of sp³-hybridized carbons (Fsp3) is 0. The molecule has 0 atom stereocenters. The molecule has 0 saturated carbocycles. The van der Waals surface area contributed by atoms with E-state index < -0.39 is 14.6 Å². The van der Waals surface area contributed by atoms with Gasteiger partial charge in [-0.3, -0.25) is 14.6 Å². The number of hydrogen-bond donors (Lipinski definition) is 0. The molecule has 11 heavy (non-hydrogen) atoms. The first-order chi connectivity index (χ1) is 3.46. The predicted octanol–water partition coefficient (Wildman–Crippen LogP) is -7.90. The van der Waals surface area contributed by atoms with Gasteiger partial charge in [0.2, 0.25) is 0 Å². The summed E-state index contributed by atoms with van der Waals surface area (Å²) in [4.78, 5) is 0. The molecule has 0 N–H and O–H groups in total. The van der Waals surface area contributed by atoms with Crippen LogP contribution in [0.15, 0.2) is 0 Å². The van der Waals surface area contributed by atoms with E-state index in [1.807, 2.05) is 0 Å². The maximum atomic E-state index is 8.42. The molecule has 0 aromatic rings. The summed E-state index contributed by atoms with van der Waals surface area (Å²) in [5, 5.41) is 50.5. The van der Waals surface area contributed by atoms with E-state index in [2.05, 4.69) is 0 Å². The van der Waals surface area contributed by atoms with Gasteiger partial charge in [0.25, 0.3) is 0 Å². The highest BCUT2D eigenvalue weighted by molar-refractivity contribution is 7.37. The van der Waals surface area contributed by atoms with Gasteiger partial charge in [0.15, 0.2) is 0 Å². The first-order valence-corrected chi connectivity index (χ1v) is 1.41. The maximum absolute atomic E-state index is 8.42. The molecular weight excluding hydrogens is 214 g/mol. The van der Waals surface area contributed by atoms with Crippen LogP contribution in [0.5, 0.6) is 0 Å². The van der Waals surface area contributed by atoms with E-state index in [0.29, 0.717) is 0 Å². The summed E-state index contributed by atoms with van der Waals surface area (Å²) in [5.74, 6) is 0. The van der Waals surface area contributed by atoms with Crippen LogP contribution in [-0.2, 0) is 40.5 Å². The normalized spacial score (nSPS) is 4.91. The molecule has 0 aliphatic rings. The van der Waals surface area contributed by atoms with Crippen molar-refractivity contribution < 1.29 is 30.1 Å². The van der Waals surface area contributed by atoms with Gasteiger partial charge in [-0.1, -0.05) is 0 Å². The Hall–Kier alpha value is 0.940. The molecule has 0 amide bonds. The molecule has 0 rings (SSSR count). The van der Waals surface area contributed by atoms with Gasteiger partial charge in [-0.2, -0.15) is 0 Å². The molecule has 60 valence electrons. The third-order valence-electron chi connectivity index (χ3n) is 0. The van der Waals surface area contributed by atoms with Gasteiger partial charge in [0.05, 0.1) is 0 Å². The Morgan fingerprint density at radius 1 is 0.455 bits per heavy atom. The largest absolute Gasteiger partial charge is 2.00 e. The molecule has 0 unspecified atom stereocenters. The number of hydrogen-bond acceptors (Lipinski definition) is 6. The molecule has 0 fully saturated rings. The van der Waals surface area contributed by atoms with Crippen LogP contribution in [0.25, 0.3) is 0 Å². The van der Waals surface area contributed by atoms with Crippen LogP contribution in [0.2, 0.25) is 0 Å². The SMILES string of the molecule is [O-]B([O-])[O-].[O-]B([O-])[O-].[S+2].[S+2].[S+2]. The Bertz CT molecular complexity index is 31.3. The topological polar surface area (TPSA) is 138 Å². The van der Waals surface area contributed by atoms with E-state index >= 15 is 0 Å². The zero-order valence-corrected chi connectivity index (χ0v) is 7.28. The summed E-state index contributed by atoms with van der Waals surface area (Å²) in [6, 6.07) is 0. The van der Waals surface area contributed by atoms with Crippen molar-refractivity contribution >= 4 is 55.1 Å². The van der Waals surface area contributed by atoms with Crippen LogP contribution in [0.1, 0.15) is 0 Å². The molecule has 0 saturated heterocycles. The van der Waals surface area contributed by atoms with Crippen LogP contribution in [0, 0.1) is 0 Å². The maximum Gasteiger partial charge on any atom is 2.00 e. The van der Waals surface area contributed by atoms with Gasteiger partial charge in [-0.25, -0.2) is 0 Å². The molecule has 12 radical (unpaired) electrons. The fourth-order valence-electron chi connectivity index (χ4n) is 0. The van der Waals surface area contributed by atoms with Crippen molar-refractivity contribution in [1.29, 1.82) is 0 Å². The standard InChI is InChI=1S/2BO3.3S/c2*2-1(3)4;;;/q2*-3;3*+2. The Labute approximate surface area is 85.6 Å². The summed E-state index contributed by atoms with van der Waals surface area (Å²) >= 11 is 0. The minimum Gasteiger partial charge on any atom is -0.907 e. The Balaban J connectivity index is -0.0000000171. The average molecular weight is 214 g/mol. The summed E-state index contributed by atoms with van der Waals surface area (Å²) in [7, 11) is -5.83. The lowest BCUT2D eigenvalue weighted by Gasteiger charge is -2.35. The highest BCUT2D eigenvalue weighted by Gasteiger charge is 2.00. The van der Waals surface area contributed by atoms with Gasteiger partial charge in [-0.05, 0) is 0 Å². The lowest BCUT2D eigenvalue weighted by atomic mass is 10.3. The van der Waals surface area contributed by atoms with Crippen molar-refractivity contribution in [2.75, 3.05) is 0 Å². The lowest BCUT2D eigenvalue weighted by molar-refractivity contribution is -0.481. The van der Waals surface area contributed by atoms with E-state index in [9.17, 15) is 0 Å². The predicted molar refractivity (Wildman–Crippen MR) is 33.6 cm³/mol. The minimum absolute atomic E-state index is 0. The quantitative estimate of drug-likeness (QED) is 0.367. The van der Waals surface area contributed by atoms with Gasteiger partial charge in [-0.15, -0.1) is 0 Å². The summed E-state index contributed by atoms with van der Waals surface area (Å²) in [6.07, 6.45) is 0.